The molecule has 0 spiro atoms. The van der Waals surface area contributed by atoms with Crippen LogP contribution in [0.4, 0.5) is 0 Å². The minimum absolute atomic E-state index is 0.0174. The number of fused-ring (bicyclic) bond motifs is 3. The standard InChI is InChI=1S/C68H106O25/c1-13-53(89-57-31-55(63(85-12)40(10)87-57)90-67(83)42-21-22-48(72)46(26-42)54-24-23-47(71)39(9)86-54)35(5)59(79)36(6)60(80)37(7)61-38(8)62-64(92-62)49(73)19-15-18-43(70)27-44(88-41(11)69)28-45-29-52(76)65(81)68(84,93-45)66(82)58(78)34(4)17-14-16-32(2)50(74)30-51(75)33(3)20-25-56(77)91-61/h20-22,25-26,31-39,43-45,47,49-54,57-62,64-65,70-76,78-81,84H,13-19,23-24,27-30H2,1-12H3/b25-20-/t32-,33?,34+,35?,36?,37?,38?,39?,43-,44-,45?,47?,49-,50-,51+,52-,53?,54?,57?,58-,59?,60?,61?,62+,64-,65+,68-/m0/s1. The third kappa shape index (κ3) is 20.2. The molecule has 1 aromatic carbocycles. The number of esters is 3. The Bertz CT molecular complexity index is 2700. The summed E-state index contributed by atoms with van der Waals surface area (Å²) in [7, 11) is 1.38. The minimum atomic E-state index is -3.04. The molecule has 3 fully saturated rings. The van der Waals surface area contributed by atoms with Gasteiger partial charge in [-0.05, 0) is 95.2 Å². The van der Waals surface area contributed by atoms with Crippen LogP contribution < -0.4 is 0 Å². The molecule has 25 nitrogen and oxygen atoms in total. The number of cyclic esters (lactones) is 1. The van der Waals surface area contributed by atoms with E-state index in [1.54, 1.807) is 62.3 Å². The lowest BCUT2D eigenvalue weighted by Gasteiger charge is -2.44. The first-order chi connectivity index (χ1) is 43.7. The Hall–Kier alpha value is -4.68. The van der Waals surface area contributed by atoms with E-state index >= 15 is 0 Å². The van der Waals surface area contributed by atoms with Gasteiger partial charge in [0.1, 0.15) is 42.0 Å². The summed E-state index contributed by atoms with van der Waals surface area (Å²) in [4.78, 5) is 53.7. The van der Waals surface area contributed by atoms with Crippen LogP contribution in [0.15, 0.2) is 53.7 Å². The number of aliphatic hydroxyl groups excluding tert-OH is 10. The van der Waals surface area contributed by atoms with Gasteiger partial charge in [0, 0.05) is 79.9 Å². The fourth-order valence-electron chi connectivity index (χ4n) is 13.5. The molecule has 528 valence electrons. The number of allylic oxidation sites excluding steroid dienone is 1. The van der Waals surface area contributed by atoms with Crippen molar-refractivity contribution in [2.24, 2.45) is 41.4 Å². The highest BCUT2D eigenvalue weighted by molar-refractivity contribution is 5.91. The number of carbonyl (C=O) groups is 4. The summed E-state index contributed by atoms with van der Waals surface area (Å²) in [6.07, 6.45) is -15.2. The van der Waals surface area contributed by atoms with E-state index in [-0.39, 0.29) is 85.9 Å². The van der Waals surface area contributed by atoms with E-state index in [1.807, 2.05) is 6.92 Å². The van der Waals surface area contributed by atoms with E-state index in [4.69, 9.17) is 42.6 Å². The van der Waals surface area contributed by atoms with E-state index < -0.39 is 181 Å². The molecule has 12 N–H and O–H groups in total. The van der Waals surface area contributed by atoms with E-state index in [2.05, 4.69) is 0 Å². The number of ketones is 1. The summed E-state index contributed by atoms with van der Waals surface area (Å²) in [6, 6.07) is 4.25. The number of hydrogen-bond donors (Lipinski definition) is 12. The molecule has 0 saturated carbocycles. The second-order valence-electron chi connectivity index (χ2n) is 27.0. The van der Waals surface area contributed by atoms with Gasteiger partial charge in [-0.25, -0.2) is 9.59 Å². The van der Waals surface area contributed by atoms with Crippen LogP contribution in [0, 0.1) is 41.4 Å². The summed E-state index contributed by atoms with van der Waals surface area (Å²) in [6.45, 7) is 18.1. The smallest absolute Gasteiger partial charge is 0.343 e. The minimum Gasteiger partial charge on any atom is -0.508 e. The molecule has 0 radical (unpaired) electrons. The van der Waals surface area contributed by atoms with Gasteiger partial charge in [0.2, 0.25) is 12.1 Å². The van der Waals surface area contributed by atoms with E-state index in [0.29, 0.717) is 37.7 Å². The van der Waals surface area contributed by atoms with Crippen molar-refractivity contribution >= 4 is 23.7 Å². The first-order valence-electron chi connectivity index (χ1n) is 33.2. The predicted octanol–water partition coefficient (Wildman–Crippen LogP) is 4.50. The van der Waals surface area contributed by atoms with Crippen LogP contribution in [-0.2, 0) is 57.0 Å². The molecule has 0 aromatic heterocycles. The van der Waals surface area contributed by atoms with Gasteiger partial charge in [-0.2, -0.15) is 0 Å². The van der Waals surface area contributed by atoms with Crippen LogP contribution >= 0.6 is 0 Å². The van der Waals surface area contributed by atoms with E-state index in [9.17, 15) is 80.5 Å². The van der Waals surface area contributed by atoms with Crippen molar-refractivity contribution < 1.29 is 123 Å². The number of carbonyl (C=O) groups excluding carboxylic acids is 4. The number of hydrogen-bond acceptors (Lipinski definition) is 25. The maximum Gasteiger partial charge on any atom is 0.343 e. The van der Waals surface area contributed by atoms with Gasteiger partial charge in [-0.3, -0.25) is 9.59 Å². The second kappa shape index (κ2) is 34.5. The summed E-state index contributed by atoms with van der Waals surface area (Å²) in [5.41, 5.74) is 0.463. The predicted molar refractivity (Wildman–Crippen MR) is 332 cm³/mol. The molecule has 93 heavy (non-hydrogen) atoms. The summed E-state index contributed by atoms with van der Waals surface area (Å²) >= 11 is 0. The van der Waals surface area contributed by atoms with Crippen molar-refractivity contribution in [3.05, 3.63) is 64.8 Å². The Kier molecular flexibility index (Phi) is 28.7. The maximum atomic E-state index is 13.9. The number of methoxy groups -OCH3 is 1. The van der Waals surface area contributed by atoms with Crippen molar-refractivity contribution in [3.8, 4) is 5.75 Å². The number of rotatable bonds is 14. The van der Waals surface area contributed by atoms with Gasteiger partial charge < -0.3 is 104 Å². The number of phenols is 1. The van der Waals surface area contributed by atoms with Crippen molar-refractivity contribution in [2.45, 2.75) is 282 Å². The van der Waals surface area contributed by atoms with Gasteiger partial charge >= 0.3 is 17.9 Å². The maximum absolute atomic E-state index is 13.9. The third-order valence-electron chi connectivity index (χ3n) is 19.8. The lowest BCUT2D eigenvalue weighted by atomic mass is 9.77. The van der Waals surface area contributed by atoms with Gasteiger partial charge in [0.25, 0.3) is 5.79 Å². The number of benzene rings is 1. The molecule has 3 saturated heterocycles. The largest absolute Gasteiger partial charge is 0.508 e. The van der Waals surface area contributed by atoms with Crippen molar-refractivity contribution in [1.29, 1.82) is 0 Å². The van der Waals surface area contributed by atoms with Crippen LogP contribution in [0.2, 0.25) is 0 Å². The van der Waals surface area contributed by atoms with Crippen molar-refractivity contribution in [1.82, 2.24) is 0 Å². The van der Waals surface area contributed by atoms with Crippen molar-refractivity contribution in [2.75, 3.05) is 7.11 Å². The van der Waals surface area contributed by atoms with Crippen LogP contribution in [-0.4, -0.2) is 208 Å². The van der Waals surface area contributed by atoms with Crippen LogP contribution in [0.25, 0.3) is 0 Å². The zero-order valence-corrected chi connectivity index (χ0v) is 55.8. The fourth-order valence-corrected chi connectivity index (χ4v) is 13.5. The highest BCUT2D eigenvalue weighted by Crippen LogP contribution is 2.42. The average molecular weight is 1320 g/mol. The molecule has 27 atom stereocenters. The molecular weight excluding hydrogens is 1220 g/mol. The lowest BCUT2D eigenvalue weighted by Crippen LogP contribution is -2.65. The molecule has 25 heteroatoms. The molecular formula is C68H106O25. The Labute approximate surface area is 545 Å². The first kappa shape index (κ1) is 77.3. The molecule has 14 unspecified atom stereocenters. The SMILES string of the molecule is CCC(OC1C=C(OC(=O)c2ccc(O)c(C3CCC(O)C(C)O3)c2)C(OC)=C(C)O1)C(C)C(O)C(C)C(O)C(C)C1OC(=O)/C=C\C(C)[C@H](O)C[C@H](O)[C@@H](C)CCC[C@@H](C)[C@H](O)C(=O)[C@@]2(O)OC(C[C@@H](OC(C)=O)C[C@@H](O)CCC[C@H](O)[C@@H]3O[C@@H]3C1C)C[C@H](O)[C@H]2O. The second-order valence-corrected chi connectivity index (χ2v) is 27.0. The third-order valence-corrected chi connectivity index (χ3v) is 19.8. The van der Waals surface area contributed by atoms with Crippen LogP contribution in [0.3, 0.4) is 0 Å². The van der Waals surface area contributed by atoms with Gasteiger partial charge in [0.15, 0.2) is 11.5 Å². The molecule has 1 aromatic rings. The number of Topliss-reactive ketones (excluding diaryl/α,β-unsaturated/α-hetero) is 1. The number of aromatic hydroxyl groups is 1. The normalized spacial score (nSPS) is 38.4. The van der Waals surface area contributed by atoms with E-state index in [1.165, 1.54) is 37.5 Å². The number of aliphatic hydroxyl groups is 11. The quantitative estimate of drug-likeness (QED) is 0.0693. The average Bonchev–Trinajstić information content (AvgIpc) is 1.64. The number of ether oxygens (including phenoxy) is 9. The van der Waals surface area contributed by atoms with Crippen molar-refractivity contribution in [3.63, 3.8) is 0 Å². The molecule has 0 aliphatic carbocycles. The Morgan fingerprint density at radius 2 is 1.43 bits per heavy atom. The van der Waals surface area contributed by atoms with Crippen LogP contribution in [0.1, 0.15) is 182 Å². The molecule has 5 aliphatic rings. The zero-order valence-electron chi connectivity index (χ0n) is 55.8. The molecule has 0 amide bonds. The lowest BCUT2D eigenvalue weighted by molar-refractivity contribution is -0.309. The molecule has 2 bridgehead atoms. The van der Waals surface area contributed by atoms with E-state index in [0.717, 1.165) is 13.0 Å². The summed E-state index contributed by atoms with van der Waals surface area (Å²) in [5, 5.41) is 135. The molecule has 5 aliphatic heterocycles. The first-order valence-corrected chi connectivity index (χ1v) is 33.2. The topological polar surface area (TPSA) is 397 Å². The number of phenolic OH excluding ortho intramolecular Hbond substituents is 1. The van der Waals surface area contributed by atoms with Gasteiger partial charge in [-0.1, -0.05) is 67.9 Å². The van der Waals surface area contributed by atoms with Crippen LogP contribution in [0.5, 0.6) is 5.75 Å². The number of epoxide rings is 1. The Morgan fingerprint density at radius 3 is 2.09 bits per heavy atom. The fraction of sp³-hybridized carbons (Fsp3) is 0.765. The van der Waals surface area contributed by atoms with Gasteiger partial charge in [-0.15, -0.1) is 0 Å². The Balaban J connectivity index is 1.17. The zero-order chi connectivity index (χ0) is 69.1. The molecule has 5 heterocycles. The van der Waals surface area contributed by atoms with Gasteiger partial charge in [0.05, 0.1) is 92.0 Å². The Morgan fingerprint density at radius 1 is 0.753 bits per heavy atom. The summed E-state index contributed by atoms with van der Waals surface area (Å²) < 4.78 is 53.4. The highest BCUT2D eigenvalue weighted by atomic mass is 16.7. The summed E-state index contributed by atoms with van der Waals surface area (Å²) in [5.74, 6) is -11.4. The highest BCUT2D eigenvalue weighted by Gasteiger charge is 2.56. The molecule has 6 rings (SSSR count). The monoisotopic (exact) mass is 1320 g/mol.